The summed E-state index contributed by atoms with van der Waals surface area (Å²) >= 11 is 0. The van der Waals surface area contributed by atoms with Crippen molar-refractivity contribution in [3.63, 3.8) is 0 Å². The maximum absolute atomic E-state index is 13.4. The number of ether oxygens (including phenoxy) is 4. The van der Waals surface area contributed by atoms with Crippen molar-refractivity contribution in [3.8, 4) is 0 Å². The summed E-state index contributed by atoms with van der Waals surface area (Å²) in [5, 5.41) is 22.9. The van der Waals surface area contributed by atoms with E-state index in [-0.39, 0.29) is 32.8 Å². The quantitative estimate of drug-likeness (QED) is 0.116. The number of carbonyl (C=O) groups excluding carboxylic acids is 1. The van der Waals surface area contributed by atoms with Crippen LogP contribution in [0.3, 0.4) is 0 Å². The van der Waals surface area contributed by atoms with Crippen molar-refractivity contribution >= 4 is 13.7 Å². The van der Waals surface area contributed by atoms with E-state index in [0.717, 1.165) is 16.8 Å². The number of carbonyl (C=O) groups is 1. The first kappa shape index (κ1) is 31.2. The number of methoxy groups -OCH3 is 1. The Morgan fingerprint density at radius 2 is 1.78 bits per heavy atom. The summed E-state index contributed by atoms with van der Waals surface area (Å²) in [7, 11) is -1.46. The number of amides is 1. The lowest BCUT2D eigenvalue weighted by Crippen LogP contribution is -2.38. The van der Waals surface area contributed by atoms with Gasteiger partial charge in [0.15, 0.2) is 6.23 Å². The number of hydrogen-bond donors (Lipinski definition) is 4. The Morgan fingerprint density at radius 1 is 1.14 bits per heavy atom. The molecule has 1 aliphatic heterocycles. The Hall–Kier alpha value is -1.98. The SMILES string of the molecule is CNC(=O)CCOP(=O)(OCCOCCOCCOC)O[C@@H]1C(O)[C@H](n2ccc(=O)[nH]c2=O)O[C@@H]1CO. The standard InChI is InChI=1S/C20H34N3O13P/c1-21-15(25)4-6-33-37(29,34-12-11-32-10-9-31-8-7-30-2)36-18-14(13-24)35-19(17(18)27)23-5-3-16(26)22-20(23)28/h3,5,14,17-19,24,27H,4,6-13H2,1-2H3,(H,21,25)(H,22,26,28)/t14-,17?,18+,19-,37?/m1/s1. The molecule has 1 fully saturated rings. The summed E-state index contributed by atoms with van der Waals surface area (Å²) in [6.07, 6.45) is -4.77. The summed E-state index contributed by atoms with van der Waals surface area (Å²) in [6, 6.07) is 1.04. The van der Waals surface area contributed by atoms with Gasteiger partial charge in [-0.1, -0.05) is 0 Å². The molecule has 1 amide bonds. The smallest absolute Gasteiger partial charge is 0.394 e. The fourth-order valence-electron chi connectivity index (χ4n) is 3.15. The van der Waals surface area contributed by atoms with Crippen LogP contribution in [0.25, 0.3) is 0 Å². The van der Waals surface area contributed by atoms with Crippen LogP contribution in [0.5, 0.6) is 0 Å². The molecule has 0 saturated carbocycles. The van der Waals surface area contributed by atoms with E-state index in [1.165, 1.54) is 7.05 Å². The van der Waals surface area contributed by atoms with Gasteiger partial charge in [0.25, 0.3) is 5.56 Å². The third-order valence-electron chi connectivity index (χ3n) is 5.00. The van der Waals surface area contributed by atoms with Crippen LogP contribution in [0.2, 0.25) is 0 Å². The molecule has 1 aromatic heterocycles. The predicted octanol–water partition coefficient (Wildman–Crippen LogP) is -1.87. The Labute approximate surface area is 212 Å². The fourth-order valence-corrected chi connectivity index (χ4v) is 4.52. The monoisotopic (exact) mass is 555 g/mol. The second-order valence-electron chi connectivity index (χ2n) is 7.58. The molecule has 17 heteroatoms. The minimum Gasteiger partial charge on any atom is -0.394 e. The highest BCUT2D eigenvalue weighted by Gasteiger charge is 2.49. The van der Waals surface area contributed by atoms with Gasteiger partial charge in [-0.3, -0.25) is 32.7 Å². The molecular formula is C20H34N3O13P. The molecule has 0 radical (unpaired) electrons. The summed E-state index contributed by atoms with van der Waals surface area (Å²) in [6.45, 7) is 0.0988. The molecule has 212 valence electrons. The number of aliphatic hydroxyl groups excluding tert-OH is 2. The second-order valence-corrected chi connectivity index (χ2v) is 9.20. The number of H-pyrrole nitrogens is 1. The van der Waals surface area contributed by atoms with Gasteiger partial charge in [0.05, 0.1) is 59.3 Å². The van der Waals surface area contributed by atoms with Crippen LogP contribution in [-0.4, -0.2) is 111 Å². The zero-order chi connectivity index (χ0) is 27.3. The molecular weight excluding hydrogens is 521 g/mol. The van der Waals surface area contributed by atoms with E-state index < -0.39 is 56.1 Å². The normalized spacial score (nSPS) is 23.1. The molecule has 0 aromatic carbocycles. The van der Waals surface area contributed by atoms with E-state index in [1.54, 1.807) is 7.11 Å². The molecule has 1 aromatic rings. The van der Waals surface area contributed by atoms with Crippen molar-refractivity contribution < 1.29 is 52.1 Å². The largest absolute Gasteiger partial charge is 0.475 e. The molecule has 0 bridgehead atoms. The van der Waals surface area contributed by atoms with Gasteiger partial charge in [0, 0.05) is 26.4 Å². The molecule has 0 aliphatic carbocycles. The highest BCUT2D eigenvalue weighted by molar-refractivity contribution is 7.48. The van der Waals surface area contributed by atoms with Gasteiger partial charge in [-0.25, -0.2) is 9.36 Å². The lowest BCUT2D eigenvalue weighted by Gasteiger charge is -2.25. The molecule has 0 spiro atoms. The number of phosphoric ester groups is 1. The molecule has 2 unspecified atom stereocenters. The Bertz CT molecular complexity index is 987. The Kier molecular flexibility index (Phi) is 13.6. The molecule has 16 nitrogen and oxygen atoms in total. The highest BCUT2D eigenvalue weighted by atomic mass is 31.2. The van der Waals surface area contributed by atoms with Crippen LogP contribution in [0.15, 0.2) is 21.9 Å². The van der Waals surface area contributed by atoms with Crippen LogP contribution >= 0.6 is 7.82 Å². The van der Waals surface area contributed by atoms with Crippen molar-refractivity contribution in [1.29, 1.82) is 0 Å². The summed E-state index contributed by atoms with van der Waals surface area (Å²) in [4.78, 5) is 37.0. The second kappa shape index (κ2) is 16.1. The number of rotatable bonds is 18. The van der Waals surface area contributed by atoms with Crippen LogP contribution in [-0.2, 0) is 41.9 Å². The van der Waals surface area contributed by atoms with Crippen molar-refractivity contribution in [2.45, 2.75) is 31.0 Å². The number of nitrogens with one attached hydrogen (secondary N) is 2. The van der Waals surface area contributed by atoms with Crippen LogP contribution in [0, 0.1) is 0 Å². The third kappa shape index (κ3) is 10.0. The maximum Gasteiger partial charge on any atom is 0.475 e. The maximum atomic E-state index is 13.4. The first-order chi connectivity index (χ1) is 17.7. The van der Waals surface area contributed by atoms with E-state index >= 15 is 0 Å². The lowest BCUT2D eigenvalue weighted by molar-refractivity contribution is -0.121. The van der Waals surface area contributed by atoms with Crippen molar-refractivity contribution in [2.24, 2.45) is 0 Å². The first-order valence-electron chi connectivity index (χ1n) is 11.4. The van der Waals surface area contributed by atoms with E-state index in [9.17, 15) is 29.2 Å². The number of aliphatic hydroxyl groups is 2. The average Bonchev–Trinajstić information content (AvgIpc) is 3.17. The molecule has 4 N–H and O–H groups in total. The average molecular weight is 555 g/mol. The zero-order valence-corrected chi connectivity index (χ0v) is 21.5. The number of aromatic amines is 1. The number of nitrogens with zero attached hydrogens (tertiary/aromatic N) is 1. The molecule has 2 rings (SSSR count). The van der Waals surface area contributed by atoms with E-state index in [1.807, 2.05) is 4.98 Å². The van der Waals surface area contributed by atoms with E-state index in [2.05, 4.69) is 5.32 Å². The zero-order valence-electron chi connectivity index (χ0n) is 20.6. The molecule has 5 atom stereocenters. The van der Waals surface area contributed by atoms with Gasteiger partial charge < -0.3 is 34.5 Å². The molecule has 1 aliphatic rings. The van der Waals surface area contributed by atoms with Crippen LogP contribution in [0.1, 0.15) is 12.6 Å². The molecule has 37 heavy (non-hydrogen) atoms. The van der Waals surface area contributed by atoms with Gasteiger partial charge >= 0.3 is 13.5 Å². The number of hydrogen-bond acceptors (Lipinski definition) is 13. The minimum atomic E-state index is -4.44. The predicted molar refractivity (Wildman–Crippen MR) is 125 cm³/mol. The Morgan fingerprint density at radius 3 is 2.41 bits per heavy atom. The molecule has 2 heterocycles. The fraction of sp³-hybridized carbons (Fsp3) is 0.750. The number of phosphoric acid groups is 1. The van der Waals surface area contributed by atoms with Crippen molar-refractivity contribution in [3.05, 3.63) is 33.1 Å². The number of aromatic nitrogens is 2. The minimum absolute atomic E-state index is 0.0116. The third-order valence-corrected chi connectivity index (χ3v) is 6.50. The van der Waals surface area contributed by atoms with Crippen molar-refractivity contribution in [1.82, 2.24) is 14.9 Å². The highest BCUT2D eigenvalue weighted by Crippen LogP contribution is 2.53. The van der Waals surface area contributed by atoms with E-state index in [4.69, 9.17) is 32.5 Å². The van der Waals surface area contributed by atoms with Crippen LogP contribution in [0.4, 0.5) is 0 Å². The topological polar surface area (TPSA) is 206 Å². The lowest BCUT2D eigenvalue weighted by atomic mass is 10.1. The van der Waals surface area contributed by atoms with E-state index in [0.29, 0.717) is 19.8 Å². The molecule has 1 saturated heterocycles. The van der Waals surface area contributed by atoms with Gasteiger partial charge in [0.2, 0.25) is 5.91 Å². The Balaban J connectivity index is 2.03. The van der Waals surface area contributed by atoms with Gasteiger partial charge in [-0.15, -0.1) is 0 Å². The summed E-state index contributed by atoms with van der Waals surface area (Å²) in [5.41, 5.74) is -1.54. The van der Waals surface area contributed by atoms with Gasteiger partial charge in [-0.2, -0.15) is 0 Å². The van der Waals surface area contributed by atoms with Crippen molar-refractivity contribution in [2.75, 3.05) is 67.0 Å². The summed E-state index contributed by atoms with van der Waals surface area (Å²) < 4.78 is 51.2. The van der Waals surface area contributed by atoms with Gasteiger partial charge in [0.1, 0.15) is 18.3 Å². The van der Waals surface area contributed by atoms with Crippen LogP contribution < -0.4 is 16.6 Å². The first-order valence-corrected chi connectivity index (χ1v) is 12.9. The summed E-state index contributed by atoms with van der Waals surface area (Å²) in [5.74, 6) is -0.390. The van der Waals surface area contributed by atoms with Gasteiger partial charge in [-0.05, 0) is 0 Å².